The Bertz CT molecular complexity index is 273. The number of methoxy groups -OCH3 is 2. The molecule has 1 aliphatic rings. The quantitative estimate of drug-likeness (QED) is 0.689. The standard InChI is InChI=1S/C14H28N2O3/c1-5-7-8-12-14(17)16(13(6-2)15-12)9-11(19-4)10-18-3/h11-13,15H,5-10H2,1-4H3. The van der Waals surface area contributed by atoms with Crippen molar-refractivity contribution >= 4 is 5.91 Å². The summed E-state index contributed by atoms with van der Waals surface area (Å²) in [7, 11) is 3.31. The van der Waals surface area contributed by atoms with Crippen LogP contribution in [0.2, 0.25) is 0 Å². The fourth-order valence-corrected chi connectivity index (χ4v) is 2.52. The van der Waals surface area contributed by atoms with Gasteiger partial charge in [-0.15, -0.1) is 0 Å². The molecule has 0 aromatic heterocycles. The number of amides is 1. The van der Waals surface area contributed by atoms with Gasteiger partial charge < -0.3 is 14.4 Å². The minimum absolute atomic E-state index is 0.0232. The number of nitrogens with zero attached hydrogens (tertiary/aromatic N) is 1. The average molecular weight is 272 g/mol. The first-order chi connectivity index (χ1) is 9.17. The first-order valence-electron chi connectivity index (χ1n) is 7.26. The van der Waals surface area contributed by atoms with Crippen LogP contribution in [0, 0.1) is 0 Å². The monoisotopic (exact) mass is 272 g/mol. The maximum Gasteiger partial charge on any atom is 0.241 e. The van der Waals surface area contributed by atoms with Crippen LogP contribution in [0.4, 0.5) is 0 Å². The van der Waals surface area contributed by atoms with Crippen LogP contribution in [-0.4, -0.2) is 56.5 Å². The number of rotatable bonds is 9. The van der Waals surface area contributed by atoms with Crippen molar-refractivity contribution in [1.82, 2.24) is 10.2 Å². The highest BCUT2D eigenvalue weighted by Gasteiger charge is 2.38. The molecule has 1 amide bonds. The number of carbonyl (C=O) groups excluding carboxylic acids is 1. The van der Waals surface area contributed by atoms with Gasteiger partial charge in [-0.25, -0.2) is 0 Å². The van der Waals surface area contributed by atoms with Gasteiger partial charge in [0.15, 0.2) is 0 Å². The third-order valence-corrected chi connectivity index (χ3v) is 3.67. The first kappa shape index (κ1) is 16.4. The van der Waals surface area contributed by atoms with Crippen molar-refractivity contribution < 1.29 is 14.3 Å². The van der Waals surface area contributed by atoms with Crippen LogP contribution in [0.5, 0.6) is 0 Å². The molecule has 0 spiro atoms. The zero-order valence-electron chi connectivity index (χ0n) is 12.6. The van der Waals surface area contributed by atoms with Gasteiger partial charge in [-0.3, -0.25) is 10.1 Å². The highest BCUT2D eigenvalue weighted by Crippen LogP contribution is 2.18. The van der Waals surface area contributed by atoms with E-state index in [0.717, 1.165) is 25.7 Å². The van der Waals surface area contributed by atoms with E-state index >= 15 is 0 Å². The van der Waals surface area contributed by atoms with Gasteiger partial charge in [-0.2, -0.15) is 0 Å². The molecule has 5 heteroatoms. The molecule has 1 aliphatic heterocycles. The molecule has 0 radical (unpaired) electrons. The average Bonchev–Trinajstić information content (AvgIpc) is 2.72. The minimum Gasteiger partial charge on any atom is -0.382 e. The molecule has 1 rings (SSSR count). The minimum atomic E-state index is -0.0604. The van der Waals surface area contributed by atoms with E-state index < -0.39 is 0 Å². The predicted octanol–water partition coefficient (Wildman–Crippen LogP) is 1.37. The number of nitrogens with one attached hydrogen (secondary N) is 1. The van der Waals surface area contributed by atoms with Gasteiger partial charge in [0.2, 0.25) is 5.91 Å². The summed E-state index contributed by atoms with van der Waals surface area (Å²) in [5.74, 6) is 0.207. The van der Waals surface area contributed by atoms with Crippen molar-refractivity contribution in [2.75, 3.05) is 27.4 Å². The molecule has 1 fully saturated rings. The molecule has 19 heavy (non-hydrogen) atoms. The summed E-state index contributed by atoms with van der Waals surface area (Å²) in [6, 6.07) is -0.0232. The zero-order chi connectivity index (χ0) is 14.3. The van der Waals surface area contributed by atoms with Crippen molar-refractivity contribution in [3.8, 4) is 0 Å². The second-order valence-electron chi connectivity index (χ2n) is 5.09. The Hall–Kier alpha value is -0.650. The molecule has 112 valence electrons. The Morgan fingerprint density at radius 3 is 2.63 bits per heavy atom. The summed E-state index contributed by atoms with van der Waals surface area (Å²) >= 11 is 0. The summed E-state index contributed by atoms with van der Waals surface area (Å²) in [5, 5.41) is 3.43. The van der Waals surface area contributed by atoms with E-state index in [1.165, 1.54) is 0 Å². The van der Waals surface area contributed by atoms with Crippen LogP contribution >= 0.6 is 0 Å². The SMILES string of the molecule is CCCCC1NC(CC)N(CC(COC)OC)C1=O. The predicted molar refractivity (Wildman–Crippen MR) is 74.9 cm³/mol. The lowest BCUT2D eigenvalue weighted by atomic mass is 10.1. The summed E-state index contributed by atoms with van der Waals surface area (Å²) in [5.41, 5.74) is 0. The van der Waals surface area contributed by atoms with Crippen molar-refractivity contribution in [3.05, 3.63) is 0 Å². The van der Waals surface area contributed by atoms with Gasteiger partial charge in [0.05, 0.1) is 31.5 Å². The lowest BCUT2D eigenvalue weighted by Crippen LogP contribution is -2.43. The van der Waals surface area contributed by atoms with Gasteiger partial charge in [0.25, 0.3) is 0 Å². The molecule has 1 heterocycles. The Morgan fingerprint density at radius 2 is 2.11 bits per heavy atom. The van der Waals surface area contributed by atoms with Gasteiger partial charge in [-0.1, -0.05) is 26.7 Å². The highest BCUT2D eigenvalue weighted by atomic mass is 16.5. The van der Waals surface area contributed by atoms with Crippen LogP contribution in [0.25, 0.3) is 0 Å². The zero-order valence-corrected chi connectivity index (χ0v) is 12.6. The third-order valence-electron chi connectivity index (χ3n) is 3.67. The van der Waals surface area contributed by atoms with E-state index in [0.29, 0.717) is 13.2 Å². The van der Waals surface area contributed by atoms with Crippen LogP contribution in [0.1, 0.15) is 39.5 Å². The Morgan fingerprint density at radius 1 is 1.37 bits per heavy atom. The smallest absolute Gasteiger partial charge is 0.241 e. The van der Waals surface area contributed by atoms with Gasteiger partial charge in [-0.05, 0) is 12.8 Å². The summed E-state index contributed by atoms with van der Waals surface area (Å²) in [6.45, 7) is 5.35. The molecule has 0 saturated carbocycles. The molecule has 3 atom stereocenters. The molecule has 0 bridgehead atoms. The lowest BCUT2D eigenvalue weighted by Gasteiger charge is -2.27. The van der Waals surface area contributed by atoms with Crippen LogP contribution in [0.3, 0.4) is 0 Å². The maximum absolute atomic E-state index is 12.4. The van der Waals surface area contributed by atoms with Gasteiger partial charge >= 0.3 is 0 Å². The summed E-state index contributed by atoms with van der Waals surface area (Å²) in [4.78, 5) is 14.3. The van der Waals surface area contributed by atoms with Crippen molar-refractivity contribution in [3.63, 3.8) is 0 Å². The Labute approximate surface area is 116 Å². The van der Waals surface area contributed by atoms with Crippen molar-refractivity contribution in [1.29, 1.82) is 0 Å². The molecule has 1 N–H and O–H groups in total. The van der Waals surface area contributed by atoms with Gasteiger partial charge in [0.1, 0.15) is 0 Å². The molecular weight excluding hydrogens is 244 g/mol. The van der Waals surface area contributed by atoms with Crippen LogP contribution in [0.15, 0.2) is 0 Å². The van der Waals surface area contributed by atoms with E-state index in [2.05, 4.69) is 19.2 Å². The number of ether oxygens (including phenoxy) is 2. The third kappa shape index (κ3) is 4.44. The summed E-state index contributed by atoms with van der Waals surface area (Å²) in [6.07, 6.45) is 4.10. The second-order valence-corrected chi connectivity index (χ2v) is 5.09. The number of hydrogen-bond donors (Lipinski definition) is 1. The summed E-state index contributed by atoms with van der Waals surface area (Å²) < 4.78 is 10.5. The Kier molecular flexibility index (Phi) is 7.34. The highest BCUT2D eigenvalue weighted by molar-refractivity contribution is 5.84. The molecule has 0 aromatic carbocycles. The first-order valence-corrected chi connectivity index (χ1v) is 7.26. The number of carbonyl (C=O) groups is 1. The number of hydrogen-bond acceptors (Lipinski definition) is 4. The van der Waals surface area contributed by atoms with E-state index in [1.54, 1.807) is 14.2 Å². The molecule has 5 nitrogen and oxygen atoms in total. The maximum atomic E-state index is 12.4. The molecular formula is C14H28N2O3. The van der Waals surface area contributed by atoms with Gasteiger partial charge in [0, 0.05) is 14.2 Å². The van der Waals surface area contributed by atoms with Crippen molar-refractivity contribution in [2.24, 2.45) is 0 Å². The topological polar surface area (TPSA) is 50.8 Å². The Balaban J connectivity index is 2.61. The molecule has 1 saturated heterocycles. The fraction of sp³-hybridized carbons (Fsp3) is 0.929. The lowest BCUT2D eigenvalue weighted by molar-refractivity contribution is -0.132. The number of unbranched alkanes of at least 4 members (excludes halogenated alkanes) is 1. The van der Waals surface area contributed by atoms with E-state index in [1.807, 2.05) is 4.90 Å². The van der Waals surface area contributed by atoms with Crippen molar-refractivity contribution in [2.45, 2.75) is 57.8 Å². The van der Waals surface area contributed by atoms with E-state index in [9.17, 15) is 4.79 Å². The van der Waals surface area contributed by atoms with Crippen LogP contribution in [-0.2, 0) is 14.3 Å². The normalized spacial score (nSPS) is 25.1. The van der Waals surface area contributed by atoms with E-state index in [-0.39, 0.29) is 24.2 Å². The molecule has 3 unspecified atom stereocenters. The molecule has 0 aromatic rings. The fourth-order valence-electron chi connectivity index (χ4n) is 2.52. The van der Waals surface area contributed by atoms with E-state index in [4.69, 9.17) is 9.47 Å². The second kappa shape index (κ2) is 8.51. The largest absolute Gasteiger partial charge is 0.382 e. The van der Waals surface area contributed by atoms with Crippen LogP contribution < -0.4 is 5.32 Å². The molecule has 0 aliphatic carbocycles.